The number of hydrogen-bond donors (Lipinski definition) is 1. The Morgan fingerprint density at radius 3 is 3.00 bits per heavy atom. The molecule has 0 aromatic carbocycles. The third-order valence-electron chi connectivity index (χ3n) is 2.44. The molecule has 2 heterocycles. The van der Waals surface area contributed by atoms with Crippen LogP contribution < -0.4 is 10.5 Å². The molecule has 2 rings (SSSR count). The summed E-state index contributed by atoms with van der Waals surface area (Å²) in [4.78, 5) is 2.04. The summed E-state index contributed by atoms with van der Waals surface area (Å²) < 4.78 is 7.27. The molecule has 0 radical (unpaired) electrons. The van der Waals surface area contributed by atoms with Crippen LogP contribution in [0.25, 0.3) is 0 Å². The van der Waals surface area contributed by atoms with Gasteiger partial charge in [-0.3, -0.25) is 9.47 Å². The zero-order valence-electron chi connectivity index (χ0n) is 8.47. The lowest BCUT2D eigenvalue weighted by molar-refractivity contribution is 0.286. The zero-order chi connectivity index (χ0) is 10.1. The Kier molecular flexibility index (Phi) is 2.39. The summed E-state index contributed by atoms with van der Waals surface area (Å²) in [7, 11) is 3.96. The van der Waals surface area contributed by atoms with Crippen molar-refractivity contribution in [3.8, 4) is 6.01 Å². The van der Waals surface area contributed by atoms with E-state index in [4.69, 9.17) is 10.5 Å². The highest BCUT2D eigenvalue weighted by Crippen LogP contribution is 2.22. The molecule has 1 aromatic rings. The number of nitrogens with two attached hydrogens (primary N) is 1. The van der Waals surface area contributed by atoms with Crippen LogP contribution in [-0.2, 0) is 6.54 Å². The highest BCUT2D eigenvalue weighted by Gasteiger charge is 2.25. The molecule has 1 aliphatic rings. The van der Waals surface area contributed by atoms with Crippen LogP contribution in [0.1, 0.15) is 11.9 Å². The minimum absolute atomic E-state index is 0.109. The van der Waals surface area contributed by atoms with E-state index in [1.807, 2.05) is 23.6 Å². The van der Waals surface area contributed by atoms with Gasteiger partial charge in [0.2, 0.25) is 0 Å². The molecule has 78 valence electrons. The van der Waals surface area contributed by atoms with Gasteiger partial charge in [0, 0.05) is 6.54 Å². The summed E-state index contributed by atoms with van der Waals surface area (Å²) in [5.41, 5.74) is 5.70. The van der Waals surface area contributed by atoms with Crippen molar-refractivity contribution < 1.29 is 4.74 Å². The molecule has 0 spiro atoms. The molecule has 0 bridgehead atoms. The van der Waals surface area contributed by atoms with Crippen LogP contribution in [0, 0.1) is 0 Å². The van der Waals surface area contributed by atoms with E-state index in [2.05, 4.69) is 10.2 Å². The third kappa shape index (κ3) is 1.36. The highest BCUT2D eigenvalue weighted by atomic mass is 16.5. The van der Waals surface area contributed by atoms with Gasteiger partial charge in [-0.25, -0.2) is 0 Å². The van der Waals surface area contributed by atoms with E-state index < -0.39 is 0 Å². The molecular weight excluding hydrogens is 182 g/mol. The van der Waals surface area contributed by atoms with Crippen LogP contribution >= 0.6 is 0 Å². The Labute approximate surface area is 82.7 Å². The number of rotatable bonds is 3. The average molecular weight is 197 g/mol. The van der Waals surface area contributed by atoms with Crippen LogP contribution in [-0.4, -0.2) is 46.9 Å². The van der Waals surface area contributed by atoms with Gasteiger partial charge in [0.25, 0.3) is 0 Å². The smallest absolute Gasteiger partial charge is 0.317 e. The van der Waals surface area contributed by atoms with E-state index in [9.17, 15) is 0 Å². The maximum atomic E-state index is 5.70. The molecule has 0 amide bonds. The van der Waals surface area contributed by atoms with Crippen LogP contribution in [0.2, 0.25) is 0 Å². The number of ether oxygens (including phenoxy) is 1. The molecule has 0 aliphatic carbocycles. The fourth-order valence-corrected chi connectivity index (χ4v) is 1.64. The first kappa shape index (κ1) is 9.42. The van der Waals surface area contributed by atoms with Crippen molar-refractivity contribution in [1.29, 1.82) is 0 Å². The summed E-state index contributed by atoms with van der Waals surface area (Å²) >= 11 is 0. The molecule has 2 N–H and O–H groups in total. The summed E-state index contributed by atoms with van der Waals surface area (Å²) in [6.07, 6.45) is 0. The second kappa shape index (κ2) is 3.55. The van der Waals surface area contributed by atoms with Gasteiger partial charge in [-0.05, 0) is 14.1 Å². The van der Waals surface area contributed by atoms with Crippen molar-refractivity contribution in [2.75, 3.05) is 27.2 Å². The lowest BCUT2D eigenvalue weighted by atomic mass is 10.2. The first-order valence-electron chi connectivity index (χ1n) is 4.66. The molecule has 0 fully saturated rings. The van der Waals surface area contributed by atoms with E-state index in [0.29, 0.717) is 19.2 Å². The van der Waals surface area contributed by atoms with Crippen molar-refractivity contribution in [2.45, 2.75) is 12.6 Å². The van der Waals surface area contributed by atoms with Crippen LogP contribution in [0.15, 0.2) is 0 Å². The van der Waals surface area contributed by atoms with Gasteiger partial charge < -0.3 is 10.5 Å². The monoisotopic (exact) mass is 197 g/mol. The molecule has 6 nitrogen and oxygen atoms in total. The summed E-state index contributed by atoms with van der Waals surface area (Å²) in [6, 6.07) is 0.721. The quantitative estimate of drug-likeness (QED) is 0.689. The lowest BCUT2D eigenvalue weighted by Gasteiger charge is -2.21. The highest BCUT2D eigenvalue weighted by molar-refractivity contribution is 5.08. The van der Waals surface area contributed by atoms with Crippen molar-refractivity contribution in [1.82, 2.24) is 19.7 Å². The Morgan fingerprint density at radius 2 is 2.36 bits per heavy atom. The van der Waals surface area contributed by atoms with E-state index in [1.165, 1.54) is 0 Å². The Balaban J connectivity index is 2.30. The van der Waals surface area contributed by atoms with Gasteiger partial charge in [-0.1, -0.05) is 5.10 Å². The van der Waals surface area contributed by atoms with Crippen LogP contribution in [0.4, 0.5) is 0 Å². The number of fused-ring (bicyclic) bond motifs is 1. The van der Waals surface area contributed by atoms with Gasteiger partial charge in [0.15, 0.2) is 5.82 Å². The van der Waals surface area contributed by atoms with Gasteiger partial charge in [0.05, 0.1) is 12.6 Å². The molecule has 1 aromatic heterocycles. The van der Waals surface area contributed by atoms with Crippen molar-refractivity contribution >= 4 is 0 Å². The molecule has 1 aliphatic heterocycles. The zero-order valence-corrected chi connectivity index (χ0v) is 8.47. The Bertz CT molecular complexity index is 322. The fourth-order valence-electron chi connectivity index (χ4n) is 1.64. The predicted molar refractivity (Wildman–Crippen MR) is 51.0 cm³/mol. The topological polar surface area (TPSA) is 69.2 Å². The number of hydrogen-bond acceptors (Lipinski definition) is 5. The Morgan fingerprint density at radius 1 is 1.57 bits per heavy atom. The average Bonchev–Trinajstić information content (AvgIpc) is 2.69. The van der Waals surface area contributed by atoms with Crippen LogP contribution in [0.3, 0.4) is 0 Å². The minimum Gasteiger partial charge on any atom is -0.462 e. The van der Waals surface area contributed by atoms with Gasteiger partial charge in [-0.15, -0.1) is 5.10 Å². The second-order valence-electron chi connectivity index (χ2n) is 3.56. The first-order chi connectivity index (χ1) is 6.74. The van der Waals surface area contributed by atoms with Gasteiger partial charge in [-0.2, -0.15) is 0 Å². The van der Waals surface area contributed by atoms with E-state index in [1.54, 1.807) is 0 Å². The van der Waals surface area contributed by atoms with Crippen LogP contribution in [0.5, 0.6) is 6.01 Å². The molecule has 6 heteroatoms. The number of nitrogens with zero attached hydrogens (tertiary/aromatic N) is 4. The lowest BCUT2D eigenvalue weighted by Crippen LogP contribution is -2.29. The van der Waals surface area contributed by atoms with E-state index in [0.717, 1.165) is 12.4 Å². The third-order valence-corrected chi connectivity index (χ3v) is 2.44. The van der Waals surface area contributed by atoms with Crippen molar-refractivity contribution in [3.63, 3.8) is 0 Å². The van der Waals surface area contributed by atoms with E-state index >= 15 is 0 Å². The minimum atomic E-state index is 0.109. The maximum Gasteiger partial charge on any atom is 0.317 e. The van der Waals surface area contributed by atoms with Crippen molar-refractivity contribution in [2.24, 2.45) is 5.73 Å². The van der Waals surface area contributed by atoms with E-state index in [-0.39, 0.29) is 6.04 Å². The summed E-state index contributed by atoms with van der Waals surface area (Å²) in [6.45, 7) is 2.04. The molecular formula is C8H15N5O. The van der Waals surface area contributed by atoms with Gasteiger partial charge >= 0.3 is 6.01 Å². The van der Waals surface area contributed by atoms with Gasteiger partial charge in [0.1, 0.15) is 6.61 Å². The normalized spacial score (nSPS) is 16.9. The molecule has 0 saturated carbocycles. The Hall–Kier alpha value is -1.14. The number of likely N-dealkylation sites (N-methyl/N-ethyl adjacent to an activating group) is 1. The standard InChI is InChI=1S/C8H15N5O/c1-12(2)6(5-9)7-10-11-8-13(7)3-4-14-8/h6H,3-5,9H2,1-2H3. The SMILES string of the molecule is CN(C)C(CN)c1nnc2n1CCO2. The summed E-state index contributed by atoms with van der Waals surface area (Å²) in [5, 5.41) is 8.05. The first-order valence-corrected chi connectivity index (χ1v) is 4.66. The molecule has 1 atom stereocenters. The summed E-state index contributed by atoms with van der Waals surface area (Å²) in [5.74, 6) is 0.894. The molecule has 0 saturated heterocycles. The molecule has 14 heavy (non-hydrogen) atoms. The maximum absolute atomic E-state index is 5.70. The fraction of sp³-hybridized carbons (Fsp3) is 0.750. The largest absolute Gasteiger partial charge is 0.462 e. The predicted octanol–water partition coefficient (Wildman–Crippen LogP) is -0.768. The molecule has 1 unspecified atom stereocenters. The van der Waals surface area contributed by atoms with Crippen molar-refractivity contribution in [3.05, 3.63) is 5.82 Å². The number of aromatic nitrogens is 3. The second-order valence-corrected chi connectivity index (χ2v) is 3.56.